The van der Waals surface area contributed by atoms with Gasteiger partial charge in [0.15, 0.2) is 5.78 Å². The van der Waals surface area contributed by atoms with Gasteiger partial charge >= 0.3 is 0 Å². The van der Waals surface area contributed by atoms with Gasteiger partial charge in [0.2, 0.25) is 34.1 Å². The molecular formula is C47H49ClF2N4O8S2. The Morgan fingerprint density at radius 3 is 2.41 bits per heavy atom. The first-order valence-electron chi connectivity index (χ1n) is 21.2. The number of para-hydroxylation sites is 1. The maximum Gasteiger partial charge on any atom is 0.240 e. The zero-order chi connectivity index (χ0) is 45.6. The first-order chi connectivity index (χ1) is 30.4. The molecule has 3 aromatic carbocycles. The van der Waals surface area contributed by atoms with E-state index in [9.17, 15) is 26.8 Å². The molecule has 1 N–H and O–H groups in total. The molecule has 2 aromatic heterocycles. The Morgan fingerprint density at radius 1 is 1.02 bits per heavy atom. The van der Waals surface area contributed by atoms with Gasteiger partial charge in [-0.15, -0.1) is 11.3 Å². The molecule has 0 radical (unpaired) electrons. The fourth-order valence-electron chi connectivity index (χ4n) is 8.61. The number of ketones is 1. The third kappa shape index (κ3) is 9.88. The number of benzene rings is 3. The molecule has 0 spiro atoms. The smallest absolute Gasteiger partial charge is 0.240 e. The molecule has 1 saturated heterocycles. The third-order valence-corrected chi connectivity index (χ3v) is 15.4. The van der Waals surface area contributed by atoms with Gasteiger partial charge in [-0.3, -0.25) is 19.1 Å². The third-order valence-electron chi connectivity index (χ3n) is 12.4. The Kier molecular flexibility index (Phi) is 12.8. The number of fused-ring (bicyclic) bond motifs is 1. The minimum absolute atomic E-state index is 0.000171. The number of alkyl halides is 2. The Bertz CT molecular complexity index is 2660. The number of nitrogens with one attached hydrogen (secondary N) is 1. The van der Waals surface area contributed by atoms with Crippen molar-refractivity contribution in [2.45, 2.75) is 89.5 Å². The highest BCUT2D eigenvalue weighted by molar-refractivity contribution is 7.90. The van der Waals surface area contributed by atoms with E-state index in [0.29, 0.717) is 50.9 Å². The van der Waals surface area contributed by atoms with Crippen molar-refractivity contribution in [3.05, 3.63) is 94.4 Å². The summed E-state index contributed by atoms with van der Waals surface area (Å²) in [5.41, 5.74) is -0.711. The minimum Gasteiger partial charge on any atom is -0.494 e. The number of hydrogen-bond donors (Lipinski definition) is 1. The number of rotatable bonds is 17. The van der Waals surface area contributed by atoms with Gasteiger partial charge in [-0.1, -0.05) is 50.6 Å². The van der Waals surface area contributed by atoms with E-state index >= 15 is 4.79 Å². The normalized spacial score (nSPS) is 21.4. The van der Waals surface area contributed by atoms with Gasteiger partial charge in [-0.05, 0) is 85.2 Å². The monoisotopic (exact) mass is 934 g/mol. The van der Waals surface area contributed by atoms with Crippen molar-refractivity contribution in [1.29, 1.82) is 0 Å². The van der Waals surface area contributed by atoms with Crippen molar-refractivity contribution in [2.75, 3.05) is 13.7 Å². The molecule has 3 heterocycles. The number of ether oxygens (including phenoxy) is 3. The summed E-state index contributed by atoms with van der Waals surface area (Å²) in [6.45, 7) is 5.78. The molecule has 3 fully saturated rings. The quantitative estimate of drug-likeness (QED) is 0.0955. The van der Waals surface area contributed by atoms with E-state index in [-0.39, 0.29) is 37.6 Å². The summed E-state index contributed by atoms with van der Waals surface area (Å²) in [6.07, 6.45) is -2.30. The summed E-state index contributed by atoms with van der Waals surface area (Å²) in [6, 6.07) is 21.0. The molecule has 338 valence electrons. The topological polar surface area (TPSA) is 154 Å². The fourth-order valence-corrected chi connectivity index (χ4v) is 11.0. The summed E-state index contributed by atoms with van der Waals surface area (Å²) >= 11 is 7.81. The van der Waals surface area contributed by atoms with Crippen LogP contribution in [0.25, 0.3) is 22.0 Å². The predicted octanol–water partition coefficient (Wildman–Crippen LogP) is 9.29. The lowest BCUT2D eigenvalue weighted by atomic mass is 9.77. The molecule has 5 aromatic rings. The zero-order valence-electron chi connectivity index (χ0n) is 35.8. The van der Waals surface area contributed by atoms with Gasteiger partial charge in [0.05, 0.1) is 47.3 Å². The largest absolute Gasteiger partial charge is 0.494 e. The Labute approximate surface area is 379 Å². The van der Waals surface area contributed by atoms with E-state index < -0.39 is 81.0 Å². The van der Waals surface area contributed by atoms with Gasteiger partial charge in [0, 0.05) is 58.3 Å². The molecular weight excluding hydrogens is 886 g/mol. The second kappa shape index (κ2) is 18.0. The molecule has 12 nitrogen and oxygen atoms in total. The van der Waals surface area contributed by atoms with Crippen LogP contribution >= 0.6 is 22.9 Å². The summed E-state index contributed by atoms with van der Waals surface area (Å²) in [7, 11) is -2.52. The SMILES string of the molecule is COc1cnc(O[C@@H]2C[C@@H](C(=O)C[C@]3(C(=O)NS(=O)(=O)C4CC4)C[C@H]3CC(F)F)N(C(=O)[C@@H](Cc3nc(-c4ccc(Oc5ccccc5)cc4)cs3)C(C)(C)C)C2)c2cc(Cl)ccc12. The second-order valence-electron chi connectivity index (χ2n) is 18.0. The number of hydrogen-bond acceptors (Lipinski definition) is 11. The number of aromatic nitrogens is 2. The lowest BCUT2D eigenvalue weighted by molar-refractivity contribution is -0.144. The molecule has 5 atom stereocenters. The second-order valence-corrected chi connectivity index (χ2v) is 21.3. The lowest BCUT2D eigenvalue weighted by Crippen LogP contribution is -2.48. The van der Waals surface area contributed by atoms with Crippen LogP contribution in [0.4, 0.5) is 8.78 Å². The number of sulfonamides is 1. The van der Waals surface area contributed by atoms with Crippen LogP contribution in [-0.2, 0) is 30.8 Å². The van der Waals surface area contributed by atoms with Crippen LogP contribution in [0.15, 0.2) is 84.4 Å². The van der Waals surface area contributed by atoms with E-state index in [2.05, 4.69) is 9.71 Å². The van der Waals surface area contributed by atoms with Crippen molar-refractivity contribution in [3.63, 3.8) is 0 Å². The molecule has 2 aliphatic carbocycles. The number of Topliss-reactive ketones (excluding diaryl/α,β-unsaturated/α-hetero) is 1. The molecule has 2 amide bonds. The average molecular weight is 936 g/mol. The van der Waals surface area contributed by atoms with Crippen molar-refractivity contribution in [2.24, 2.45) is 22.7 Å². The molecule has 0 unspecified atom stereocenters. The highest BCUT2D eigenvalue weighted by atomic mass is 35.5. The number of amides is 2. The average Bonchev–Trinajstić information content (AvgIpc) is 4.13. The predicted molar refractivity (Wildman–Crippen MR) is 239 cm³/mol. The van der Waals surface area contributed by atoms with E-state index in [0.717, 1.165) is 11.3 Å². The van der Waals surface area contributed by atoms with Gasteiger partial charge in [-0.2, -0.15) is 0 Å². The highest BCUT2D eigenvalue weighted by Gasteiger charge is 2.63. The Hall–Kier alpha value is -5.19. The van der Waals surface area contributed by atoms with Gasteiger partial charge < -0.3 is 19.1 Å². The minimum atomic E-state index is -4.04. The van der Waals surface area contributed by atoms with E-state index in [1.807, 2.05) is 80.7 Å². The zero-order valence-corrected chi connectivity index (χ0v) is 38.2. The maximum atomic E-state index is 15.1. The van der Waals surface area contributed by atoms with Crippen LogP contribution in [0, 0.1) is 22.7 Å². The van der Waals surface area contributed by atoms with Gasteiger partial charge in [0.25, 0.3) is 0 Å². The number of thiazole rings is 1. The maximum absolute atomic E-state index is 15.1. The molecule has 8 rings (SSSR count). The Morgan fingerprint density at radius 2 is 1.73 bits per heavy atom. The standard InChI is InChI=1S/C47H49ClF2N4O8S2/c1-46(2,3)36(21-42-52-37(26-63-42)27-10-13-31(14-11-27)61-30-8-6-5-7-9-30)44(56)54-25-32(62-43-35-19-29(48)12-17-34(35)40(60-4)24-51-43)20-38(54)39(55)23-47(22-28(47)18-41(49)50)45(57)53-64(58,59)33-15-16-33/h5-14,17,19,24,26,28,32-33,36,38,41H,15-16,18,20-23,25H2,1-4H3,(H,53,57)/t28-,32-,36-,38+,47-/m1/s1. The number of methoxy groups -OCH3 is 1. The van der Waals surface area contributed by atoms with Crippen molar-refractivity contribution < 1.29 is 45.8 Å². The summed E-state index contributed by atoms with van der Waals surface area (Å²) in [4.78, 5) is 54.4. The first-order valence-corrected chi connectivity index (χ1v) is 24.0. The molecule has 2 saturated carbocycles. The van der Waals surface area contributed by atoms with Crippen molar-refractivity contribution in [3.8, 4) is 34.4 Å². The van der Waals surface area contributed by atoms with Crippen molar-refractivity contribution >= 4 is 61.3 Å². The van der Waals surface area contributed by atoms with Crippen LogP contribution in [0.5, 0.6) is 23.1 Å². The van der Waals surface area contributed by atoms with E-state index in [4.69, 9.17) is 30.8 Å². The van der Waals surface area contributed by atoms with Crippen LogP contribution in [-0.4, -0.2) is 78.4 Å². The number of likely N-dealkylation sites (tertiary alicyclic amines) is 1. The highest BCUT2D eigenvalue weighted by Crippen LogP contribution is 2.59. The number of carbonyl (C=O) groups excluding carboxylic acids is 3. The summed E-state index contributed by atoms with van der Waals surface area (Å²) in [5.74, 6) is -1.39. The molecule has 3 aliphatic rings. The Balaban J connectivity index is 1.07. The molecule has 64 heavy (non-hydrogen) atoms. The summed E-state index contributed by atoms with van der Waals surface area (Å²) in [5, 5.41) is 3.54. The van der Waals surface area contributed by atoms with Gasteiger partial charge in [0.1, 0.15) is 23.4 Å². The fraction of sp³-hybridized carbons (Fsp3) is 0.426. The summed E-state index contributed by atoms with van der Waals surface area (Å²) < 4.78 is 73.4. The van der Waals surface area contributed by atoms with E-state index in [1.54, 1.807) is 18.2 Å². The van der Waals surface area contributed by atoms with Crippen LogP contribution < -0.4 is 18.9 Å². The van der Waals surface area contributed by atoms with Crippen LogP contribution in [0.2, 0.25) is 5.02 Å². The molecule has 17 heteroatoms. The first kappa shape index (κ1) is 45.4. The molecule has 1 aliphatic heterocycles. The number of pyridine rings is 1. The van der Waals surface area contributed by atoms with Crippen LogP contribution in [0.3, 0.4) is 0 Å². The lowest BCUT2D eigenvalue weighted by Gasteiger charge is -2.35. The number of halogens is 3. The molecule has 0 bridgehead atoms. The van der Waals surface area contributed by atoms with Gasteiger partial charge in [-0.25, -0.2) is 27.2 Å². The van der Waals surface area contributed by atoms with E-state index in [1.165, 1.54) is 29.5 Å². The van der Waals surface area contributed by atoms with Crippen LogP contribution in [0.1, 0.15) is 64.3 Å². The van der Waals surface area contributed by atoms with Crippen molar-refractivity contribution in [1.82, 2.24) is 19.6 Å². The number of nitrogens with zero attached hydrogens (tertiary/aromatic N) is 3. The number of carbonyl (C=O) groups is 3.